The van der Waals surface area contributed by atoms with Gasteiger partial charge in [0, 0.05) is 20.2 Å². The average Bonchev–Trinajstić information content (AvgIpc) is 2.89. The lowest BCUT2D eigenvalue weighted by atomic mass is 10.0. The molecule has 0 atom stereocenters. The van der Waals surface area contributed by atoms with Gasteiger partial charge in [0.15, 0.2) is 0 Å². The van der Waals surface area contributed by atoms with Gasteiger partial charge in [-0.2, -0.15) is 0 Å². The van der Waals surface area contributed by atoms with Crippen molar-refractivity contribution in [2.24, 2.45) is 0 Å². The highest BCUT2D eigenvalue weighted by atomic mass is 127. The molecular formula is C14H6I2S2. The second kappa shape index (κ2) is 4.29. The van der Waals surface area contributed by atoms with Gasteiger partial charge in [0.1, 0.15) is 0 Å². The molecule has 0 saturated carbocycles. The van der Waals surface area contributed by atoms with Crippen LogP contribution in [0.2, 0.25) is 0 Å². The summed E-state index contributed by atoms with van der Waals surface area (Å²) in [6, 6.07) is 13.7. The van der Waals surface area contributed by atoms with Crippen LogP contribution in [-0.2, 0) is 0 Å². The summed E-state index contributed by atoms with van der Waals surface area (Å²) in [6.45, 7) is 0. The first-order valence-electron chi connectivity index (χ1n) is 5.42. The van der Waals surface area contributed by atoms with E-state index in [0.717, 1.165) is 0 Å². The first kappa shape index (κ1) is 11.9. The highest BCUT2D eigenvalue weighted by Crippen LogP contribution is 2.38. The van der Waals surface area contributed by atoms with Crippen LogP contribution in [0.25, 0.3) is 30.9 Å². The molecule has 0 aliphatic rings. The van der Waals surface area contributed by atoms with Crippen LogP contribution in [0.3, 0.4) is 0 Å². The van der Waals surface area contributed by atoms with E-state index in [4.69, 9.17) is 0 Å². The highest BCUT2D eigenvalue weighted by Gasteiger charge is 2.08. The number of hydrogen-bond donors (Lipinski definition) is 0. The minimum Gasteiger partial charge on any atom is -0.129 e. The maximum Gasteiger partial charge on any atom is 0.0666 e. The molecule has 0 N–H and O–H groups in total. The van der Waals surface area contributed by atoms with Crippen molar-refractivity contribution in [1.29, 1.82) is 0 Å². The lowest BCUT2D eigenvalue weighted by Gasteiger charge is -2.01. The van der Waals surface area contributed by atoms with Crippen molar-refractivity contribution in [3.05, 3.63) is 42.2 Å². The average molecular weight is 492 g/mol. The van der Waals surface area contributed by atoms with Crippen LogP contribution >= 0.6 is 67.9 Å². The third kappa shape index (κ3) is 1.72. The Morgan fingerprint density at radius 1 is 0.611 bits per heavy atom. The lowest BCUT2D eigenvalue weighted by Crippen LogP contribution is -1.73. The van der Waals surface area contributed by atoms with Crippen LogP contribution in [0.15, 0.2) is 36.4 Å². The Balaban J connectivity index is 2.29. The third-order valence-electron chi connectivity index (χ3n) is 3.13. The summed E-state index contributed by atoms with van der Waals surface area (Å²) in [5.41, 5.74) is 0. The van der Waals surface area contributed by atoms with Crippen LogP contribution < -0.4 is 0 Å². The van der Waals surface area contributed by atoms with E-state index in [0.29, 0.717) is 0 Å². The zero-order valence-corrected chi connectivity index (χ0v) is 15.0. The van der Waals surface area contributed by atoms with E-state index in [1.807, 2.05) is 22.7 Å². The second-order valence-electron chi connectivity index (χ2n) is 4.15. The number of thiophene rings is 2. The number of benzene rings is 2. The lowest BCUT2D eigenvalue weighted by molar-refractivity contribution is 1.92. The van der Waals surface area contributed by atoms with Crippen LogP contribution in [0, 0.1) is 5.77 Å². The van der Waals surface area contributed by atoms with Crippen molar-refractivity contribution in [3.8, 4) is 0 Å². The maximum absolute atomic E-state index is 2.41. The third-order valence-corrected chi connectivity index (χ3v) is 6.86. The summed E-state index contributed by atoms with van der Waals surface area (Å²) < 4.78 is 5.48. The predicted octanol–water partition coefficient (Wildman–Crippen LogP) is 6.48. The molecule has 18 heavy (non-hydrogen) atoms. The fourth-order valence-electron chi connectivity index (χ4n) is 2.38. The molecule has 0 bridgehead atoms. The second-order valence-corrected chi connectivity index (χ2v) is 10.1. The molecule has 2 heterocycles. The molecule has 0 aliphatic carbocycles. The molecule has 0 spiro atoms. The molecule has 0 saturated heterocycles. The fraction of sp³-hybridized carbons (Fsp3) is 0. The van der Waals surface area contributed by atoms with Crippen molar-refractivity contribution in [2.75, 3.05) is 0 Å². The Labute approximate surface area is 139 Å². The van der Waals surface area contributed by atoms with Crippen molar-refractivity contribution in [2.45, 2.75) is 0 Å². The SMILES string of the molecule is Ic1cc2c(ccc3c4cc(I)sc4ccc23)s1. The van der Waals surface area contributed by atoms with Crippen molar-refractivity contribution in [1.82, 2.24) is 0 Å². The summed E-state index contributed by atoms with van der Waals surface area (Å²) in [7, 11) is 0. The number of rotatable bonds is 0. The molecule has 4 aromatic rings. The Morgan fingerprint density at radius 3 is 1.50 bits per heavy atom. The first-order chi connectivity index (χ1) is 8.72. The van der Waals surface area contributed by atoms with Gasteiger partial charge in [-0.3, -0.25) is 0 Å². The molecule has 0 radical (unpaired) electrons. The van der Waals surface area contributed by atoms with Crippen LogP contribution in [0.5, 0.6) is 0 Å². The summed E-state index contributed by atoms with van der Waals surface area (Å²) >= 11 is 8.55. The molecule has 2 aromatic carbocycles. The van der Waals surface area contributed by atoms with Crippen LogP contribution in [0.1, 0.15) is 0 Å². The summed E-state index contributed by atoms with van der Waals surface area (Å²) in [4.78, 5) is 0. The topological polar surface area (TPSA) is 0 Å². The quantitative estimate of drug-likeness (QED) is 0.247. The van der Waals surface area contributed by atoms with E-state index < -0.39 is 0 Å². The number of fused-ring (bicyclic) bond motifs is 5. The van der Waals surface area contributed by atoms with E-state index in [-0.39, 0.29) is 0 Å². The Morgan fingerprint density at radius 2 is 1.06 bits per heavy atom. The predicted molar refractivity (Wildman–Crippen MR) is 100 cm³/mol. The van der Waals surface area contributed by atoms with Crippen molar-refractivity contribution < 1.29 is 0 Å². The molecule has 2 aromatic heterocycles. The van der Waals surface area contributed by atoms with Crippen LogP contribution in [-0.4, -0.2) is 0 Å². The van der Waals surface area contributed by atoms with Gasteiger partial charge >= 0.3 is 0 Å². The summed E-state index contributed by atoms with van der Waals surface area (Å²) in [5, 5.41) is 5.55. The van der Waals surface area contributed by atoms with Gasteiger partial charge in [0.2, 0.25) is 0 Å². The van der Waals surface area contributed by atoms with Gasteiger partial charge in [-0.1, -0.05) is 12.1 Å². The van der Waals surface area contributed by atoms with Crippen molar-refractivity contribution in [3.63, 3.8) is 0 Å². The largest absolute Gasteiger partial charge is 0.129 e. The van der Waals surface area contributed by atoms with E-state index in [1.54, 1.807) is 0 Å². The van der Waals surface area contributed by atoms with E-state index >= 15 is 0 Å². The summed E-state index contributed by atoms with van der Waals surface area (Å²) in [5.74, 6) is 0. The molecule has 0 unspecified atom stereocenters. The fourth-order valence-corrected chi connectivity index (χ4v) is 6.03. The monoisotopic (exact) mass is 492 g/mol. The Bertz CT molecular complexity index is 826. The zero-order valence-electron chi connectivity index (χ0n) is 9.04. The van der Waals surface area contributed by atoms with Gasteiger partial charge in [0.05, 0.1) is 5.77 Å². The normalized spacial score (nSPS) is 11.9. The minimum absolute atomic E-state index is 1.36. The Kier molecular flexibility index (Phi) is 2.83. The van der Waals surface area contributed by atoms with Gasteiger partial charge in [-0.25, -0.2) is 0 Å². The molecule has 4 rings (SSSR count). The van der Waals surface area contributed by atoms with Gasteiger partial charge in [-0.05, 0) is 80.2 Å². The van der Waals surface area contributed by atoms with Crippen molar-refractivity contribution >= 4 is 98.8 Å². The molecule has 0 aliphatic heterocycles. The smallest absolute Gasteiger partial charge is 0.0666 e. The standard InChI is InChI=1S/C14H6I2S2/c15-13-5-9-7-1-3-11-10(6-14(16)17-11)8(7)2-4-12(9)18-13/h1-6H. The van der Waals surface area contributed by atoms with E-state index in [2.05, 4.69) is 81.6 Å². The molecule has 4 heteroatoms. The molecule has 0 nitrogen and oxygen atoms in total. The molecule has 88 valence electrons. The van der Waals surface area contributed by atoms with Gasteiger partial charge in [-0.15, -0.1) is 22.7 Å². The molecule has 0 fully saturated rings. The highest BCUT2D eigenvalue weighted by molar-refractivity contribution is 14.1. The minimum atomic E-state index is 1.36. The first-order valence-corrected chi connectivity index (χ1v) is 9.21. The maximum atomic E-state index is 2.41. The molecular weight excluding hydrogens is 486 g/mol. The van der Waals surface area contributed by atoms with E-state index in [1.165, 1.54) is 36.7 Å². The van der Waals surface area contributed by atoms with Crippen LogP contribution in [0.4, 0.5) is 0 Å². The zero-order chi connectivity index (χ0) is 12.3. The van der Waals surface area contributed by atoms with Gasteiger partial charge < -0.3 is 0 Å². The number of hydrogen-bond acceptors (Lipinski definition) is 2. The van der Waals surface area contributed by atoms with E-state index in [9.17, 15) is 0 Å². The van der Waals surface area contributed by atoms with Gasteiger partial charge in [0.25, 0.3) is 0 Å². The Hall–Kier alpha value is 0.0800. The number of halogens is 2. The summed E-state index contributed by atoms with van der Waals surface area (Å²) in [6.07, 6.45) is 0. The molecule has 0 amide bonds.